The highest BCUT2D eigenvalue weighted by molar-refractivity contribution is 7.98. The number of hydrogen-bond donors (Lipinski definition) is 0. The van der Waals surface area contributed by atoms with Crippen LogP contribution < -0.4 is 4.74 Å². The highest BCUT2D eigenvalue weighted by Gasteiger charge is 2.29. The minimum Gasteiger partial charge on any atom is -0.482 e. The van der Waals surface area contributed by atoms with Crippen LogP contribution in [0.1, 0.15) is 29.2 Å². The fourth-order valence-electron chi connectivity index (χ4n) is 3.23. The fraction of sp³-hybridized carbons (Fsp3) is 0.269. The van der Waals surface area contributed by atoms with Crippen molar-refractivity contribution >= 4 is 17.7 Å². The largest absolute Gasteiger partial charge is 0.482 e. The molecule has 3 aromatic rings. The molecule has 0 fully saturated rings. The van der Waals surface area contributed by atoms with Crippen molar-refractivity contribution in [2.45, 2.75) is 37.6 Å². The summed E-state index contributed by atoms with van der Waals surface area (Å²) in [6.45, 7) is 5.87. The number of alkyl halides is 3. The zero-order valence-electron chi connectivity index (χ0n) is 18.7. The number of carbonyl (C=O) groups is 1. The number of benzene rings is 3. The van der Waals surface area contributed by atoms with Gasteiger partial charge < -0.3 is 9.47 Å². The molecule has 33 heavy (non-hydrogen) atoms. The van der Waals surface area contributed by atoms with Crippen molar-refractivity contribution in [3.05, 3.63) is 82.9 Å². The molecule has 0 aromatic heterocycles. The van der Waals surface area contributed by atoms with Crippen LogP contribution in [0, 0.1) is 13.8 Å². The summed E-state index contributed by atoms with van der Waals surface area (Å²) in [6, 6.07) is 16.9. The number of esters is 1. The van der Waals surface area contributed by atoms with Gasteiger partial charge in [0.1, 0.15) is 5.75 Å². The Morgan fingerprint density at radius 3 is 2.24 bits per heavy atom. The van der Waals surface area contributed by atoms with E-state index in [2.05, 4.69) is 0 Å². The van der Waals surface area contributed by atoms with Crippen LogP contribution in [-0.4, -0.2) is 19.2 Å². The van der Waals surface area contributed by atoms with E-state index in [-0.39, 0.29) is 6.61 Å². The first-order valence-corrected chi connectivity index (χ1v) is 11.4. The molecule has 0 atom stereocenters. The van der Waals surface area contributed by atoms with Gasteiger partial charge in [-0.1, -0.05) is 30.3 Å². The average molecular weight is 475 g/mol. The molecule has 174 valence electrons. The van der Waals surface area contributed by atoms with E-state index in [0.29, 0.717) is 18.1 Å². The second-order valence-electron chi connectivity index (χ2n) is 7.53. The maximum absolute atomic E-state index is 12.8. The van der Waals surface area contributed by atoms with Gasteiger partial charge in [0.25, 0.3) is 0 Å². The third-order valence-corrected chi connectivity index (χ3v) is 6.13. The van der Waals surface area contributed by atoms with Crippen LogP contribution in [0.2, 0.25) is 0 Å². The van der Waals surface area contributed by atoms with Crippen LogP contribution in [-0.2, 0) is 21.5 Å². The monoisotopic (exact) mass is 474 g/mol. The van der Waals surface area contributed by atoms with Crippen molar-refractivity contribution in [2.24, 2.45) is 0 Å². The molecule has 0 spiro atoms. The fourth-order valence-corrected chi connectivity index (χ4v) is 4.29. The van der Waals surface area contributed by atoms with Crippen molar-refractivity contribution in [1.29, 1.82) is 0 Å². The minimum absolute atomic E-state index is 0.128. The summed E-state index contributed by atoms with van der Waals surface area (Å²) in [5.41, 5.74) is 4.11. The average Bonchev–Trinajstić information content (AvgIpc) is 2.77. The molecular formula is C26H25F3O3S. The Kier molecular flexibility index (Phi) is 8.08. The molecule has 0 aliphatic rings. The summed E-state index contributed by atoms with van der Waals surface area (Å²) in [5.74, 6) is 0.939. The molecule has 3 nitrogen and oxygen atoms in total. The number of thioether (sulfide) groups is 1. The maximum Gasteiger partial charge on any atom is 0.416 e. The number of hydrogen-bond acceptors (Lipinski definition) is 4. The molecule has 0 heterocycles. The Bertz CT molecular complexity index is 1110. The molecule has 0 N–H and O–H groups in total. The molecule has 0 aliphatic heterocycles. The maximum atomic E-state index is 12.8. The molecule has 7 heteroatoms. The van der Waals surface area contributed by atoms with Gasteiger partial charge in [-0.2, -0.15) is 13.2 Å². The van der Waals surface area contributed by atoms with Gasteiger partial charge in [0.05, 0.1) is 12.2 Å². The van der Waals surface area contributed by atoms with E-state index < -0.39 is 17.7 Å². The Morgan fingerprint density at radius 2 is 1.61 bits per heavy atom. The first kappa shape index (κ1) is 24.7. The third-order valence-electron chi connectivity index (χ3n) is 5.09. The van der Waals surface area contributed by atoms with Crippen LogP contribution in [0.25, 0.3) is 11.1 Å². The van der Waals surface area contributed by atoms with Gasteiger partial charge in [0, 0.05) is 10.6 Å². The lowest BCUT2D eigenvalue weighted by molar-refractivity contribution is -0.145. The van der Waals surface area contributed by atoms with Gasteiger partial charge in [-0.15, -0.1) is 11.8 Å². The molecule has 3 rings (SSSR count). The molecule has 0 unspecified atom stereocenters. The topological polar surface area (TPSA) is 35.5 Å². The second-order valence-corrected chi connectivity index (χ2v) is 8.57. The molecule has 0 amide bonds. The lowest BCUT2D eigenvalue weighted by Crippen LogP contribution is -2.14. The third kappa shape index (κ3) is 6.78. The Morgan fingerprint density at radius 1 is 0.909 bits per heavy atom. The smallest absolute Gasteiger partial charge is 0.416 e. The van der Waals surface area contributed by atoms with Crippen molar-refractivity contribution < 1.29 is 27.4 Å². The summed E-state index contributed by atoms with van der Waals surface area (Å²) >= 11 is 1.66. The van der Waals surface area contributed by atoms with E-state index in [4.69, 9.17) is 9.47 Å². The first-order valence-electron chi connectivity index (χ1n) is 10.5. The molecular weight excluding hydrogens is 449 g/mol. The number of rotatable bonds is 8. The van der Waals surface area contributed by atoms with E-state index in [1.807, 2.05) is 50.2 Å². The van der Waals surface area contributed by atoms with Crippen LogP contribution in [0.3, 0.4) is 0 Å². The highest BCUT2D eigenvalue weighted by atomic mass is 32.2. The summed E-state index contributed by atoms with van der Waals surface area (Å²) in [4.78, 5) is 12.5. The zero-order chi connectivity index (χ0) is 24.0. The second kappa shape index (κ2) is 10.8. The lowest BCUT2D eigenvalue weighted by Gasteiger charge is -2.12. The van der Waals surface area contributed by atoms with Gasteiger partial charge in [-0.05, 0) is 78.9 Å². The highest BCUT2D eigenvalue weighted by Crippen LogP contribution is 2.33. The molecule has 0 bridgehead atoms. The number of halogens is 3. The van der Waals surface area contributed by atoms with Crippen LogP contribution in [0.15, 0.2) is 65.6 Å². The summed E-state index contributed by atoms with van der Waals surface area (Å²) in [7, 11) is 0. The summed E-state index contributed by atoms with van der Waals surface area (Å²) in [6.07, 6.45) is -4.34. The van der Waals surface area contributed by atoms with E-state index in [9.17, 15) is 18.0 Å². The molecule has 0 aliphatic carbocycles. The van der Waals surface area contributed by atoms with Gasteiger partial charge in [0.2, 0.25) is 0 Å². The Hall–Kier alpha value is -2.93. The van der Waals surface area contributed by atoms with Gasteiger partial charge in [0.15, 0.2) is 6.61 Å². The van der Waals surface area contributed by atoms with Crippen molar-refractivity contribution in [3.63, 3.8) is 0 Å². The van der Waals surface area contributed by atoms with Crippen LogP contribution in [0.4, 0.5) is 13.2 Å². The van der Waals surface area contributed by atoms with Crippen molar-refractivity contribution in [1.82, 2.24) is 0 Å². The van der Waals surface area contributed by atoms with E-state index in [0.717, 1.165) is 44.8 Å². The molecule has 0 radical (unpaired) electrons. The first-order chi connectivity index (χ1) is 15.7. The number of carbonyl (C=O) groups excluding carboxylic acids is 1. The Labute approximate surface area is 195 Å². The van der Waals surface area contributed by atoms with E-state index in [1.165, 1.54) is 12.1 Å². The Balaban J connectivity index is 1.68. The van der Waals surface area contributed by atoms with Gasteiger partial charge in [-0.25, -0.2) is 4.79 Å². The standard InChI is InChI=1S/C26H25F3O3S/c1-4-31-25(30)15-32-24-12-11-23(13-18(24)3)33-16-21-14-20(6-5-17(21)2)19-7-9-22(10-8-19)26(27,28)29/h5-14H,4,15-16H2,1-3H3. The SMILES string of the molecule is CCOC(=O)COc1ccc(SCc2cc(-c3ccc(C(F)(F)F)cc3)ccc2C)cc1C. The summed E-state index contributed by atoms with van der Waals surface area (Å²) in [5, 5.41) is 0. The van der Waals surface area contributed by atoms with Crippen molar-refractivity contribution in [2.75, 3.05) is 13.2 Å². The summed E-state index contributed by atoms with van der Waals surface area (Å²) < 4.78 is 48.9. The molecule has 0 saturated heterocycles. The van der Waals surface area contributed by atoms with Crippen LogP contribution >= 0.6 is 11.8 Å². The molecule has 0 saturated carbocycles. The lowest BCUT2D eigenvalue weighted by atomic mass is 9.99. The quantitative estimate of drug-likeness (QED) is 0.255. The van der Waals surface area contributed by atoms with Crippen LogP contribution in [0.5, 0.6) is 5.75 Å². The van der Waals surface area contributed by atoms with E-state index >= 15 is 0 Å². The van der Waals surface area contributed by atoms with E-state index in [1.54, 1.807) is 18.7 Å². The number of aryl methyl sites for hydroxylation is 2. The van der Waals surface area contributed by atoms with Gasteiger partial charge in [-0.3, -0.25) is 0 Å². The zero-order valence-corrected chi connectivity index (χ0v) is 19.5. The number of ether oxygens (including phenoxy) is 2. The molecule has 3 aromatic carbocycles. The van der Waals surface area contributed by atoms with Gasteiger partial charge >= 0.3 is 12.1 Å². The minimum atomic E-state index is -4.34. The normalized spacial score (nSPS) is 11.3. The van der Waals surface area contributed by atoms with Crippen molar-refractivity contribution in [3.8, 4) is 16.9 Å². The predicted octanol–water partition coefficient (Wildman–Crippen LogP) is 7.22. The predicted molar refractivity (Wildman–Crippen MR) is 124 cm³/mol.